The first-order valence-corrected chi connectivity index (χ1v) is 10.2. The predicted octanol–water partition coefficient (Wildman–Crippen LogP) is 2.93. The topological polar surface area (TPSA) is 113 Å². The first-order chi connectivity index (χ1) is 14.1. The quantitative estimate of drug-likeness (QED) is 0.586. The number of anilines is 3. The molecule has 0 bridgehead atoms. The lowest BCUT2D eigenvalue weighted by Crippen LogP contribution is -2.33. The Morgan fingerprint density at radius 3 is 2.86 bits per heavy atom. The van der Waals surface area contributed by atoms with Crippen LogP contribution in [0.15, 0.2) is 24.5 Å². The number of benzene rings is 1. The molecule has 29 heavy (non-hydrogen) atoms. The molecular formula is C21H25N7O. The second-order valence-corrected chi connectivity index (χ2v) is 8.03. The Kier molecular flexibility index (Phi) is 4.43. The lowest BCUT2D eigenvalue weighted by atomic mass is 9.92. The van der Waals surface area contributed by atoms with Crippen LogP contribution in [0.25, 0.3) is 11.2 Å². The van der Waals surface area contributed by atoms with Crippen molar-refractivity contribution in [3.8, 4) is 0 Å². The molecule has 2 aliphatic rings. The van der Waals surface area contributed by atoms with Crippen molar-refractivity contribution in [2.24, 2.45) is 5.73 Å². The lowest BCUT2D eigenvalue weighted by molar-refractivity contribution is 0.101. The summed E-state index contributed by atoms with van der Waals surface area (Å²) in [5.41, 5.74) is 10.5. The molecule has 0 atom stereocenters. The molecule has 8 heteroatoms. The van der Waals surface area contributed by atoms with E-state index in [0.29, 0.717) is 18.0 Å². The molecule has 150 valence electrons. The number of nitrogens with zero attached hydrogens (tertiary/aromatic N) is 4. The largest absolute Gasteiger partial charge is 0.351 e. The van der Waals surface area contributed by atoms with Gasteiger partial charge in [0.25, 0.3) is 0 Å². The molecule has 1 aliphatic carbocycles. The van der Waals surface area contributed by atoms with Crippen LogP contribution < -0.4 is 16.0 Å². The highest BCUT2D eigenvalue weighted by Crippen LogP contribution is 2.37. The van der Waals surface area contributed by atoms with E-state index in [0.717, 1.165) is 72.4 Å². The lowest BCUT2D eigenvalue weighted by Gasteiger charge is -2.27. The van der Waals surface area contributed by atoms with Crippen LogP contribution >= 0.6 is 0 Å². The Labute approximate surface area is 168 Å². The smallest absolute Gasteiger partial charge is 0.227 e. The SMILES string of the molecule is CC(=O)c1ccc2c(c1)CCN2c1nc(N[C@H]2CC[C@H](N)CC2)nc2[nH]cnc12. The highest BCUT2D eigenvalue weighted by Gasteiger charge is 2.26. The van der Waals surface area contributed by atoms with E-state index in [2.05, 4.69) is 25.2 Å². The zero-order valence-corrected chi connectivity index (χ0v) is 16.5. The summed E-state index contributed by atoms with van der Waals surface area (Å²) >= 11 is 0. The van der Waals surface area contributed by atoms with Crippen LogP contribution in [0, 0.1) is 0 Å². The average molecular weight is 391 g/mol. The molecule has 3 aromatic rings. The Morgan fingerprint density at radius 2 is 2.07 bits per heavy atom. The first-order valence-electron chi connectivity index (χ1n) is 10.2. The van der Waals surface area contributed by atoms with E-state index in [1.807, 2.05) is 18.2 Å². The van der Waals surface area contributed by atoms with Gasteiger partial charge in [0.05, 0.1) is 6.33 Å². The number of hydrogen-bond acceptors (Lipinski definition) is 7. The molecule has 4 N–H and O–H groups in total. The van der Waals surface area contributed by atoms with Gasteiger partial charge in [-0.3, -0.25) is 4.79 Å². The fourth-order valence-corrected chi connectivity index (χ4v) is 4.36. The van der Waals surface area contributed by atoms with Gasteiger partial charge in [0.15, 0.2) is 22.8 Å². The molecule has 1 saturated carbocycles. The van der Waals surface area contributed by atoms with Gasteiger partial charge in [-0.25, -0.2) is 4.98 Å². The summed E-state index contributed by atoms with van der Waals surface area (Å²) in [6, 6.07) is 6.53. The summed E-state index contributed by atoms with van der Waals surface area (Å²) < 4.78 is 0. The number of carbonyl (C=O) groups is 1. The number of Topliss-reactive ketones (excluding diaryl/α,β-unsaturated/α-hetero) is 1. The zero-order valence-electron chi connectivity index (χ0n) is 16.5. The van der Waals surface area contributed by atoms with Gasteiger partial charge < -0.3 is 20.9 Å². The Hall–Kier alpha value is -3.00. The van der Waals surface area contributed by atoms with Crippen molar-refractivity contribution in [3.05, 3.63) is 35.7 Å². The fraction of sp³-hybridized carbons (Fsp3) is 0.429. The standard InChI is InChI=1S/C21H25N7O/c1-12(29)13-2-7-17-14(10-13)8-9-28(17)20-18-19(24-11-23-18)26-21(27-20)25-16-5-3-15(22)4-6-16/h2,7,10-11,15-16H,3-6,8-9,22H2,1H3,(H2,23,24,25,26,27)/t15-,16-. The molecule has 0 amide bonds. The van der Waals surface area contributed by atoms with Gasteiger partial charge in [-0.1, -0.05) is 0 Å². The summed E-state index contributed by atoms with van der Waals surface area (Å²) in [6.45, 7) is 2.40. The number of aromatic amines is 1. The van der Waals surface area contributed by atoms with Crippen LogP contribution in [0.3, 0.4) is 0 Å². The number of hydrogen-bond donors (Lipinski definition) is 3. The summed E-state index contributed by atoms with van der Waals surface area (Å²) in [7, 11) is 0. The van der Waals surface area contributed by atoms with E-state index in [1.54, 1.807) is 13.3 Å². The second kappa shape index (κ2) is 7.11. The number of aromatic nitrogens is 4. The van der Waals surface area contributed by atoms with Crippen molar-refractivity contribution in [1.29, 1.82) is 0 Å². The summed E-state index contributed by atoms with van der Waals surface area (Å²) in [5.74, 6) is 1.49. The minimum atomic E-state index is 0.0849. The van der Waals surface area contributed by atoms with E-state index in [1.165, 1.54) is 0 Å². The predicted molar refractivity (Wildman–Crippen MR) is 113 cm³/mol. The van der Waals surface area contributed by atoms with Gasteiger partial charge in [-0.05, 0) is 62.8 Å². The Morgan fingerprint density at radius 1 is 1.24 bits per heavy atom. The first kappa shape index (κ1) is 18.1. The minimum Gasteiger partial charge on any atom is -0.351 e. The third-order valence-corrected chi connectivity index (χ3v) is 6.00. The zero-order chi connectivity index (χ0) is 20.0. The van der Waals surface area contributed by atoms with Crippen molar-refractivity contribution in [1.82, 2.24) is 19.9 Å². The molecule has 0 saturated heterocycles. The van der Waals surface area contributed by atoms with Gasteiger partial charge in [0.2, 0.25) is 5.95 Å². The summed E-state index contributed by atoms with van der Waals surface area (Å²) in [6.07, 6.45) is 6.63. The number of imidazole rings is 1. The van der Waals surface area contributed by atoms with Crippen LogP contribution in [-0.2, 0) is 6.42 Å². The maximum absolute atomic E-state index is 11.7. The Bertz CT molecular complexity index is 1070. The molecule has 1 aliphatic heterocycles. The maximum Gasteiger partial charge on any atom is 0.227 e. The van der Waals surface area contributed by atoms with Crippen LogP contribution in [0.2, 0.25) is 0 Å². The summed E-state index contributed by atoms with van der Waals surface area (Å²) in [5, 5.41) is 3.50. The third-order valence-electron chi connectivity index (χ3n) is 6.00. The van der Waals surface area contributed by atoms with Crippen LogP contribution in [-0.4, -0.2) is 44.3 Å². The average Bonchev–Trinajstić information content (AvgIpc) is 3.35. The molecule has 3 heterocycles. The van der Waals surface area contributed by atoms with Crippen LogP contribution in [0.1, 0.15) is 48.5 Å². The fourth-order valence-electron chi connectivity index (χ4n) is 4.36. The third kappa shape index (κ3) is 3.33. The number of ketones is 1. The molecule has 0 unspecified atom stereocenters. The highest BCUT2D eigenvalue weighted by atomic mass is 16.1. The van der Waals surface area contributed by atoms with Gasteiger partial charge >= 0.3 is 0 Å². The Balaban J connectivity index is 1.49. The molecule has 0 radical (unpaired) electrons. The van der Waals surface area contributed by atoms with E-state index in [4.69, 9.17) is 10.7 Å². The molecule has 5 rings (SSSR count). The molecule has 2 aromatic heterocycles. The van der Waals surface area contributed by atoms with Crippen molar-refractivity contribution in [3.63, 3.8) is 0 Å². The van der Waals surface area contributed by atoms with Gasteiger partial charge in [-0.2, -0.15) is 9.97 Å². The van der Waals surface area contributed by atoms with Crippen molar-refractivity contribution in [2.45, 2.75) is 51.1 Å². The van der Waals surface area contributed by atoms with Gasteiger partial charge in [-0.15, -0.1) is 0 Å². The van der Waals surface area contributed by atoms with E-state index >= 15 is 0 Å². The number of nitrogens with one attached hydrogen (secondary N) is 2. The van der Waals surface area contributed by atoms with E-state index < -0.39 is 0 Å². The number of carbonyl (C=O) groups excluding carboxylic acids is 1. The molecule has 1 fully saturated rings. The second-order valence-electron chi connectivity index (χ2n) is 8.03. The van der Waals surface area contributed by atoms with Crippen molar-refractivity contribution in [2.75, 3.05) is 16.8 Å². The van der Waals surface area contributed by atoms with Gasteiger partial charge in [0.1, 0.15) is 0 Å². The van der Waals surface area contributed by atoms with E-state index in [9.17, 15) is 4.79 Å². The minimum absolute atomic E-state index is 0.0849. The molecule has 8 nitrogen and oxygen atoms in total. The number of fused-ring (bicyclic) bond motifs is 2. The highest BCUT2D eigenvalue weighted by molar-refractivity contribution is 5.95. The monoisotopic (exact) mass is 391 g/mol. The number of rotatable bonds is 4. The van der Waals surface area contributed by atoms with Gasteiger partial charge in [0, 0.05) is 29.9 Å². The normalized spacial score (nSPS) is 21.4. The number of nitrogens with two attached hydrogens (primary N) is 1. The number of H-pyrrole nitrogens is 1. The van der Waals surface area contributed by atoms with Crippen LogP contribution in [0.4, 0.5) is 17.5 Å². The van der Waals surface area contributed by atoms with Crippen molar-refractivity contribution >= 4 is 34.4 Å². The molecule has 0 spiro atoms. The summed E-state index contributed by atoms with van der Waals surface area (Å²) in [4.78, 5) is 31.0. The molecular weight excluding hydrogens is 366 g/mol. The van der Waals surface area contributed by atoms with Crippen molar-refractivity contribution < 1.29 is 4.79 Å². The van der Waals surface area contributed by atoms with E-state index in [-0.39, 0.29) is 5.78 Å². The molecule has 1 aromatic carbocycles. The van der Waals surface area contributed by atoms with Crippen LogP contribution in [0.5, 0.6) is 0 Å². The maximum atomic E-state index is 11.7.